The Bertz CT molecular complexity index is 524. The highest BCUT2D eigenvalue weighted by Gasteiger charge is 2.31. The molecule has 1 aromatic heterocycles. The van der Waals surface area contributed by atoms with E-state index in [4.69, 9.17) is 5.26 Å². The van der Waals surface area contributed by atoms with Crippen molar-refractivity contribution < 1.29 is 9.59 Å². The van der Waals surface area contributed by atoms with Crippen LogP contribution in [0.25, 0.3) is 0 Å². The minimum atomic E-state index is -0.321. The first kappa shape index (κ1) is 14.0. The third-order valence-corrected chi connectivity index (χ3v) is 3.23. The van der Waals surface area contributed by atoms with Gasteiger partial charge in [0.1, 0.15) is 0 Å². The van der Waals surface area contributed by atoms with Crippen molar-refractivity contribution in [3.63, 3.8) is 0 Å². The van der Waals surface area contributed by atoms with E-state index in [1.807, 2.05) is 18.2 Å². The zero-order valence-electron chi connectivity index (χ0n) is 11.1. The molecule has 6 heteroatoms. The normalized spacial score (nSPS) is 17.4. The van der Waals surface area contributed by atoms with Gasteiger partial charge >= 0.3 is 0 Å². The quantitative estimate of drug-likeness (QED) is 0.843. The molecule has 1 aromatic rings. The van der Waals surface area contributed by atoms with Crippen LogP contribution in [0.5, 0.6) is 0 Å². The zero-order valence-corrected chi connectivity index (χ0v) is 11.1. The summed E-state index contributed by atoms with van der Waals surface area (Å²) in [6, 6.07) is 5.74. The van der Waals surface area contributed by atoms with Crippen LogP contribution in [0.2, 0.25) is 0 Å². The Labute approximate surface area is 117 Å². The van der Waals surface area contributed by atoms with E-state index in [0.717, 1.165) is 5.56 Å². The monoisotopic (exact) mass is 272 g/mol. The van der Waals surface area contributed by atoms with Crippen LogP contribution in [0.1, 0.15) is 18.4 Å². The number of hydrogen-bond donors (Lipinski definition) is 1. The molecule has 2 rings (SSSR count). The predicted molar refractivity (Wildman–Crippen MR) is 71.0 cm³/mol. The van der Waals surface area contributed by atoms with Crippen molar-refractivity contribution in [1.29, 1.82) is 5.26 Å². The van der Waals surface area contributed by atoms with E-state index in [-0.39, 0.29) is 30.6 Å². The van der Waals surface area contributed by atoms with E-state index < -0.39 is 0 Å². The third-order valence-electron chi connectivity index (χ3n) is 3.23. The van der Waals surface area contributed by atoms with E-state index in [2.05, 4.69) is 10.3 Å². The molecule has 2 heterocycles. The number of carbonyl (C=O) groups is 2. The molecule has 0 aromatic carbocycles. The van der Waals surface area contributed by atoms with Crippen molar-refractivity contribution >= 4 is 11.8 Å². The van der Waals surface area contributed by atoms with Crippen molar-refractivity contribution in [1.82, 2.24) is 15.2 Å². The SMILES string of the molecule is N#CCCN(Cc1cccnc1)C(=O)C1CNC(=O)C1. The van der Waals surface area contributed by atoms with Gasteiger partial charge in [-0.2, -0.15) is 5.26 Å². The van der Waals surface area contributed by atoms with Crippen molar-refractivity contribution in [2.45, 2.75) is 19.4 Å². The van der Waals surface area contributed by atoms with Crippen LogP contribution in [0.15, 0.2) is 24.5 Å². The Balaban J connectivity index is 2.05. The van der Waals surface area contributed by atoms with E-state index in [0.29, 0.717) is 19.6 Å². The van der Waals surface area contributed by atoms with Crippen LogP contribution >= 0.6 is 0 Å². The molecule has 1 atom stereocenters. The van der Waals surface area contributed by atoms with Gasteiger partial charge in [0, 0.05) is 38.4 Å². The van der Waals surface area contributed by atoms with Crippen molar-refractivity contribution in [2.24, 2.45) is 5.92 Å². The van der Waals surface area contributed by atoms with Crippen LogP contribution in [0.3, 0.4) is 0 Å². The first-order valence-electron chi connectivity index (χ1n) is 6.52. The molecule has 1 aliphatic rings. The Kier molecular flexibility index (Phi) is 4.66. The second kappa shape index (κ2) is 6.66. The molecule has 0 radical (unpaired) electrons. The summed E-state index contributed by atoms with van der Waals surface area (Å²) in [7, 11) is 0. The molecule has 0 aliphatic carbocycles. The lowest BCUT2D eigenvalue weighted by Gasteiger charge is -2.24. The Hall–Kier alpha value is -2.42. The molecular weight excluding hydrogens is 256 g/mol. The molecule has 1 aliphatic heterocycles. The lowest BCUT2D eigenvalue weighted by Crippen LogP contribution is -2.37. The number of hydrogen-bond acceptors (Lipinski definition) is 4. The molecule has 2 amide bonds. The molecule has 20 heavy (non-hydrogen) atoms. The number of aromatic nitrogens is 1. The number of nitrogens with zero attached hydrogens (tertiary/aromatic N) is 3. The number of pyridine rings is 1. The maximum Gasteiger partial charge on any atom is 0.228 e. The molecule has 0 saturated carbocycles. The second-order valence-corrected chi connectivity index (χ2v) is 4.73. The van der Waals surface area contributed by atoms with E-state index >= 15 is 0 Å². The summed E-state index contributed by atoms with van der Waals surface area (Å²) in [5.41, 5.74) is 0.913. The topological polar surface area (TPSA) is 86.1 Å². The third kappa shape index (κ3) is 3.54. The molecule has 1 unspecified atom stereocenters. The van der Waals surface area contributed by atoms with Gasteiger partial charge in [0.2, 0.25) is 11.8 Å². The average molecular weight is 272 g/mol. The highest BCUT2D eigenvalue weighted by atomic mass is 16.2. The number of nitriles is 1. The molecule has 6 nitrogen and oxygen atoms in total. The lowest BCUT2D eigenvalue weighted by atomic mass is 10.1. The van der Waals surface area contributed by atoms with Crippen LogP contribution < -0.4 is 5.32 Å². The van der Waals surface area contributed by atoms with E-state index in [1.165, 1.54) is 0 Å². The molecule has 0 bridgehead atoms. The Morgan fingerprint density at radius 2 is 2.45 bits per heavy atom. The number of amides is 2. The summed E-state index contributed by atoms with van der Waals surface area (Å²) in [6.45, 7) is 1.17. The van der Waals surface area contributed by atoms with Gasteiger partial charge in [-0.1, -0.05) is 6.07 Å². The van der Waals surface area contributed by atoms with Gasteiger partial charge in [-0.3, -0.25) is 14.6 Å². The van der Waals surface area contributed by atoms with Gasteiger partial charge in [0.05, 0.1) is 18.4 Å². The molecular formula is C14H16N4O2. The van der Waals surface area contributed by atoms with E-state index in [1.54, 1.807) is 17.3 Å². The lowest BCUT2D eigenvalue weighted by molar-refractivity contribution is -0.136. The summed E-state index contributed by atoms with van der Waals surface area (Å²) < 4.78 is 0. The summed E-state index contributed by atoms with van der Waals surface area (Å²) in [5, 5.41) is 11.4. The minimum Gasteiger partial charge on any atom is -0.355 e. The number of rotatable bonds is 5. The van der Waals surface area contributed by atoms with Gasteiger partial charge in [-0.15, -0.1) is 0 Å². The van der Waals surface area contributed by atoms with Gasteiger partial charge in [0.15, 0.2) is 0 Å². The average Bonchev–Trinajstić information content (AvgIpc) is 2.90. The zero-order chi connectivity index (χ0) is 14.4. The maximum atomic E-state index is 12.4. The summed E-state index contributed by atoms with van der Waals surface area (Å²) >= 11 is 0. The van der Waals surface area contributed by atoms with Crippen LogP contribution in [-0.4, -0.2) is 34.8 Å². The van der Waals surface area contributed by atoms with Crippen LogP contribution in [0, 0.1) is 17.2 Å². The largest absolute Gasteiger partial charge is 0.355 e. The fraction of sp³-hybridized carbons (Fsp3) is 0.429. The smallest absolute Gasteiger partial charge is 0.228 e. The van der Waals surface area contributed by atoms with Gasteiger partial charge in [-0.25, -0.2) is 0 Å². The van der Waals surface area contributed by atoms with Gasteiger partial charge in [-0.05, 0) is 11.6 Å². The highest BCUT2D eigenvalue weighted by molar-refractivity contribution is 5.89. The first-order chi connectivity index (χ1) is 9.70. The maximum absolute atomic E-state index is 12.4. The summed E-state index contributed by atoms with van der Waals surface area (Å²) in [4.78, 5) is 29.3. The fourth-order valence-electron chi connectivity index (χ4n) is 2.20. The first-order valence-corrected chi connectivity index (χ1v) is 6.52. The summed E-state index contributed by atoms with van der Waals surface area (Å²) in [5.74, 6) is -0.495. The van der Waals surface area contributed by atoms with Crippen LogP contribution in [-0.2, 0) is 16.1 Å². The Morgan fingerprint density at radius 3 is 3.05 bits per heavy atom. The second-order valence-electron chi connectivity index (χ2n) is 4.73. The summed E-state index contributed by atoms with van der Waals surface area (Å²) in [6.07, 6.45) is 3.88. The molecule has 1 N–H and O–H groups in total. The molecule has 1 saturated heterocycles. The minimum absolute atomic E-state index is 0.0811. The standard InChI is InChI=1S/C14H16N4O2/c15-4-2-6-18(10-11-3-1-5-16-8-11)14(20)12-7-13(19)17-9-12/h1,3,5,8,12H,2,6-7,9-10H2,(H,17,19). The number of nitrogens with one attached hydrogen (secondary N) is 1. The van der Waals surface area contributed by atoms with Gasteiger partial charge in [0.25, 0.3) is 0 Å². The molecule has 0 spiro atoms. The highest BCUT2D eigenvalue weighted by Crippen LogP contribution is 2.15. The van der Waals surface area contributed by atoms with Crippen molar-refractivity contribution in [2.75, 3.05) is 13.1 Å². The predicted octanol–water partition coefficient (Wildman–Crippen LogP) is 0.460. The molecule has 1 fully saturated rings. The van der Waals surface area contributed by atoms with Crippen molar-refractivity contribution in [3.8, 4) is 6.07 Å². The van der Waals surface area contributed by atoms with Crippen LogP contribution in [0.4, 0.5) is 0 Å². The fourth-order valence-corrected chi connectivity index (χ4v) is 2.20. The molecule has 104 valence electrons. The Morgan fingerprint density at radius 1 is 1.60 bits per heavy atom. The van der Waals surface area contributed by atoms with Gasteiger partial charge < -0.3 is 10.2 Å². The van der Waals surface area contributed by atoms with Crippen molar-refractivity contribution in [3.05, 3.63) is 30.1 Å². The number of carbonyl (C=O) groups excluding carboxylic acids is 2. The van der Waals surface area contributed by atoms with E-state index in [9.17, 15) is 9.59 Å².